The number of halogens is 3. The first kappa shape index (κ1) is 17.5. The maximum atomic E-state index is 11.9. The molecule has 0 aliphatic rings. The van der Waals surface area contributed by atoms with E-state index in [1.165, 1.54) is 0 Å². The second kappa shape index (κ2) is 7.99. The van der Waals surface area contributed by atoms with Crippen LogP contribution in [-0.2, 0) is 16.1 Å². The van der Waals surface area contributed by atoms with Crippen LogP contribution < -0.4 is 11.3 Å². The number of carbonyl (C=O) groups excluding carboxylic acids is 1. The summed E-state index contributed by atoms with van der Waals surface area (Å²) in [4.78, 5) is 11.4. The smallest absolute Gasteiger partial charge is 0.377 e. The normalized spacial score (nSPS) is 13.0. The number of alkyl halides is 3. The Hall–Kier alpha value is -1.60. The quantitative estimate of drug-likeness (QED) is 0.352. The van der Waals surface area contributed by atoms with Gasteiger partial charge in [0.1, 0.15) is 0 Å². The minimum atomic E-state index is -4.13. The summed E-state index contributed by atoms with van der Waals surface area (Å²) in [5.74, 6) is 4.42. The predicted octanol–water partition coefficient (Wildman–Crippen LogP) is 2.64. The number of nitrogens with two attached hydrogens (primary N) is 1. The summed E-state index contributed by atoms with van der Waals surface area (Å²) >= 11 is 0. The third-order valence-electron chi connectivity index (χ3n) is 3.03. The zero-order valence-corrected chi connectivity index (χ0v) is 11.7. The van der Waals surface area contributed by atoms with E-state index in [1.54, 1.807) is 31.2 Å². The van der Waals surface area contributed by atoms with Crippen molar-refractivity contribution in [1.82, 2.24) is 5.43 Å². The summed E-state index contributed by atoms with van der Waals surface area (Å²) in [6, 6.07) is 7.10. The van der Waals surface area contributed by atoms with E-state index in [-0.39, 0.29) is 31.5 Å². The highest BCUT2D eigenvalue weighted by atomic mass is 19.4. The van der Waals surface area contributed by atoms with E-state index >= 15 is 0 Å². The van der Waals surface area contributed by atoms with Crippen LogP contribution in [0.1, 0.15) is 36.8 Å². The van der Waals surface area contributed by atoms with E-state index in [1.807, 2.05) is 0 Å². The monoisotopic (exact) mass is 304 g/mol. The lowest BCUT2D eigenvalue weighted by Crippen LogP contribution is -2.33. The number of hydrogen-bond donors (Lipinski definition) is 2. The van der Waals surface area contributed by atoms with E-state index in [0.29, 0.717) is 0 Å². The van der Waals surface area contributed by atoms with Crippen LogP contribution in [0.4, 0.5) is 13.2 Å². The highest BCUT2D eigenvalue weighted by Crippen LogP contribution is 2.21. The largest absolute Gasteiger partial charge is 0.389 e. The number of amides is 1. The molecule has 1 unspecified atom stereocenters. The Morgan fingerprint density at radius 2 is 1.95 bits per heavy atom. The van der Waals surface area contributed by atoms with Crippen molar-refractivity contribution in [3.8, 4) is 0 Å². The van der Waals surface area contributed by atoms with Gasteiger partial charge in [0.25, 0.3) is 0 Å². The Bertz CT molecular complexity index is 447. The lowest BCUT2D eigenvalue weighted by molar-refractivity contribution is -0.138. The average Bonchev–Trinajstić information content (AvgIpc) is 2.44. The van der Waals surface area contributed by atoms with Crippen LogP contribution in [-0.4, -0.2) is 18.7 Å². The van der Waals surface area contributed by atoms with Gasteiger partial charge in [0.15, 0.2) is 0 Å². The van der Waals surface area contributed by atoms with Gasteiger partial charge in [0, 0.05) is 13.0 Å². The van der Waals surface area contributed by atoms with Crippen LogP contribution in [0.2, 0.25) is 0 Å². The highest BCUT2D eigenvalue weighted by Gasteiger charge is 2.25. The molecule has 3 N–H and O–H groups in total. The first-order valence-corrected chi connectivity index (χ1v) is 6.57. The third kappa shape index (κ3) is 6.59. The van der Waals surface area contributed by atoms with Crippen LogP contribution in [0.5, 0.6) is 0 Å². The maximum Gasteiger partial charge on any atom is 0.389 e. The van der Waals surface area contributed by atoms with Crippen molar-refractivity contribution in [2.24, 2.45) is 5.84 Å². The van der Waals surface area contributed by atoms with Crippen molar-refractivity contribution in [1.29, 1.82) is 0 Å². The van der Waals surface area contributed by atoms with Gasteiger partial charge in [0.2, 0.25) is 5.91 Å². The van der Waals surface area contributed by atoms with Gasteiger partial charge < -0.3 is 4.74 Å². The van der Waals surface area contributed by atoms with Gasteiger partial charge in [0.05, 0.1) is 12.5 Å². The van der Waals surface area contributed by atoms with E-state index in [9.17, 15) is 18.0 Å². The molecule has 1 amide bonds. The average molecular weight is 304 g/mol. The van der Waals surface area contributed by atoms with Crippen molar-refractivity contribution < 1.29 is 22.7 Å². The summed E-state index contributed by atoms with van der Waals surface area (Å²) in [7, 11) is 0. The molecule has 0 aliphatic carbocycles. The zero-order valence-electron chi connectivity index (χ0n) is 11.7. The minimum absolute atomic E-state index is 0.0463. The van der Waals surface area contributed by atoms with Gasteiger partial charge in [-0.3, -0.25) is 10.2 Å². The van der Waals surface area contributed by atoms with Crippen LogP contribution in [0.25, 0.3) is 0 Å². The molecule has 21 heavy (non-hydrogen) atoms. The molecule has 0 bridgehead atoms. The predicted molar refractivity (Wildman–Crippen MR) is 72.1 cm³/mol. The molecule has 7 heteroatoms. The first-order valence-electron chi connectivity index (χ1n) is 6.57. The summed E-state index contributed by atoms with van der Waals surface area (Å²) in [6.45, 7) is 2.04. The molecule has 0 radical (unpaired) electrons. The Kier molecular flexibility index (Phi) is 6.64. The fourth-order valence-corrected chi connectivity index (χ4v) is 1.74. The number of ether oxygens (including phenoxy) is 1. The standard InChI is InChI=1S/C14H19F3N2O2/c1-10(13(20)19-18)12-5-3-11(4-6-12)9-21-8-2-7-14(15,16)17/h3-6,10H,2,7-9,18H2,1H3,(H,19,20). The van der Waals surface area contributed by atoms with Crippen LogP contribution in [0.15, 0.2) is 24.3 Å². The molecular formula is C14H19F3N2O2. The number of benzene rings is 1. The summed E-state index contributed by atoms with van der Waals surface area (Å²) < 4.78 is 41.0. The highest BCUT2D eigenvalue weighted by molar-refractivity contribution is 5.82. The van der Waals surface area contributed by atoms with Gasteiger partial charge in [-0.2, -0.15) is 13.2 Å². The number of carbonyl (C=O) groups is 1. The van der Waals surface area contributed by atoms with Gasteiger partial charge >= 0.3 is 6.18 Å². The van der Waals surface area contributed by atoms with Gasteiger partial charge in [-0.15, -0.1) is 0 Å². The SMILES string of the molecule is CC(C(=O)NN)c1ccc(COCCCC(F)(F)F)cc1. The molecule has 1 aromatic carbocycles. The van der Waals surface area contributed by atoms with Crippen molar-refractivity contribution in [2.45, 2.75) is 38.5 Å². The van der Waals surface area contributed by atoms with E-state index in [2.05, 4.69) is 5.43 Å². The molecule has 0 aromatic heterocycles. The lowest BCUT2D eigenvalue weighted by Gasteiger charge is -2.11. The second-order valence-electron chi connectivity index (χ2n) is 4.74. The lowest BCUT2D eigenvalue weighted by atomic mass is 9.99. The second-order valence-corrected chi connectivity index (χ2v) is 4.74. The van der Waals surface area contributed by atoms with Crippen LogP contribution in [0.3, 0.4) is 0 Å². The molecule has 1 atom stereocenters. The minimum Gasteiger partial charge on any atom is -0.377 e. The Labute approximate surface area is 121 Å². The fraction of sp³-hybridized carbons (Fsp3) is 0.500. The Balaban J connectivity index is 2.36. The number of rotatable bonds is 7. The van der Waals surface area contributed by atoms with Gasteiger partial charge in [-0.1, -0.05) is 24.3 Å². The van der Waals surface area contributed by atoms with Crippen molar-refractivity contribution >= 4 is 5.91 Å². The van der Waals surface area contributed by atoms with Crippen LogP contribution >= 0.6 is 0 Å². The fourth-order valence-electron chi connectivity index (χ4n) is 1.74. The third-order valence-corrected chi connectivity index (χ3v) is 3.03. The molecule has 0 fully saturated rings. The maximum absolute atomic E-state index is 11.9. The van der Waals surface area contributed by atoms with Gasteiger partial charge in [-0.05, 0) is 24.5 Å². The Morgan fingerprint density at radius 3 is 2.48 bits per heavy atom. The van der Waals surface area contributed by atoms with Crippen molar-refractivity contribution in [3.63, 3.8) is 0 Å². The summed E-state index contributed by atoms with van der Waals surface area (Å²) in [6.07, 6.45) is -5.02. The molecule has 0 heterocycles. The number of hydrazine groups is 1. The van der Waals surface area contributed by atoms with E-state index in [4.69, 9.17) is 10.6 Å². The van der Waals surface area contributed by atoms with Crippen molar-refractivity contribution in [3.05, 3.63) is 35.4 Å². The topological polar surface area (TPSA) is 64.4 Å². The molecule has 4 nitrogen and oxygen atoms in total. The Morgan fingerprint density at radius 1 is 1.33 bits per heavy atom. The van der Waals surface area contributed by atoms with Gasteiger partial charge in [-0.25, -0.2) is 5.84 Å². The molecular weight excluding hydrogens is 285 g/mol. The molecule has 0 saturated carbocycles. The van der Waals surface area contributed by atoms with E-state index < -0.39 is 12.6 Å². The zero-order chi connectivity index (χ0) is 15.9. The molecule has 1 rings (SSSR count). The number of nitrogens with one attached hydrogen (secondary N) is 1. The molecule has 1 aromatic rings. The summed E-state index contributed by atoms with van der Waals surface area (Å²) in [5, 5.41) is 0. The molecule has 0 aliphatic heterocycles. The molecule has 0 saturated heterocycles. The first-order chi connectivity index (χ1) is 9.83. The molecule has 0 spiro atoms. The number of hydrogen-bond acceptors (Lipinski definition) is 3. The van der Waals surface area contributed by atoms with Crippen molar-refractivity contribution in [2.75, 3.05) is 6.61 Å². The van der Waals surface area contributed by atoms with Crippen LogP contribution in [0, 0.1) is 0 Å². The molecule has 118 valence electrons. The van der Waals surface area contributed by atoms with E-state index in [0.717, 1.165) is 11.1 Å². The summed E-state index contributed by atoms with van der Waals surface area (Å²) in [5.41, 5.74) is 3.73.